The lowest BCUT2D eigenvalue weighted by molar-refractivity contribution is 0.0492. The summed E-state index contributed by atoms with van der Waals surface area (Å²) >= 11 is 0. The third-order valence-electron chi connectivity index (χ3n) is 2.31. The number of esters is 1. The summed E-state index contributed by atoms with van der Waals surface area (Å²) in [6.07, 6.45) is 0. The first-order valence-corrected chi connectivity index (χ1v) is 5.20. The van der Waals surface area contributed by atoms with Gasteiger partial charge in [0.1, 0.15) is 0 Å². The van der Waals surface area contributed by atoms with Crippen molar-refractivity contribution < 1.29 is 22.8 Å². The molecule has 90 valence electrons. The Morgan fingerprint density at radius 3 is 3.00 bits per heavy atom. The van der Waals surface area contributed by atoms with Gasteiger partial charge >= 0.3 is 5.97 Å². The molecule has 4 heteroatoms. The van der Waals surface area contributed by atoms with Gasteiger partial charge in [-0.1, -0.05) is 0 Å². The fourth-order valence-corrected chi connectivity index (χ4v) is 1.64. The van der Waals surface area contributed by atoms with Gasteiger partial charge in [0.05, 0.1) is 17.8 Å². The van der Waals surface area contributed by atoms with Crippen LogP contribution in [0.15, 0.2) is 22.6 Å². The second kappa shape index (κ2) is 4.49. The maximum absolute atomic E-state index is 11.6. The Hall–Kier alpha value is -1.97. The lowest BCUT2D eigenvalue weighted by atomic mass is 10.1. The summed E-state index contributed by atoms with van der Waals surface area (Å²) in [6, 6.07) is 4.83. The van der Waals surface area contributed by atoms with E-state index in [0.29, 0.717) is 5.39 Å². The summed E-state index contributed by atoms with van der Waals surface area (Å²) in [4.78, 5) is 11.6. The first-order chi connectivity index (χ1) is 9.30. The normalized spacial score (nSPS) is 13.9. The topological polar surface area (TPSA) is 48.7 Å². The van der Waals surface area contributed by atoms with E-state index in [1.165, 1.54) is 6.07 Å². The van der Waals surface area contributed by atoms with Gasteiger partial charge in [0.2, 0.25) is 5.76 Å². The van der Waals surface area contributed by atoms with Gasteiger partial charge in [-0.2, -0.15) is 0 Å². The van der Waals surface area contributed by atoms with Gasteiger partial charge in [0.15, 0.2) is 11.3 Å². The Labute approximate surface area is 103 Å². The van der Waals surface area contributed by atoms with Crippen LogP contribution in [-0.4, -0.2) is 19.6 Å². The molecular formula is C13H14O4. The summed E-state index contributed by atoms with van der Waals surface area (Å²) in [6.45, 7) is 3.71. The minimum atomic E-state index is -2.59. The van der Waals surface area contributed by atoms with E-state index < -0.39 is 13.0 Å². The zero-order chi connectivity index (χ0) is 14.9. The molecule has 0 amide bonds. The molecule has 0 spiro atoms. The molecule has 0 radical (unpaired) electrons. The largest absolute Gasteiger partial charge is 0.493 e. The van der Waals surface area contributed by atoms with Gasteiger partial charge in [0, 0.05) is 5.39 Å². The Kier molecular flexibility index (Phi) is 2.16. The highest BCUT2D eigenvalue weighted by Gasteiger charge is 2.16. The van der Waals surface area contributed by atoms with Crippen LogP contribution < -0.4 is 4.74 Å². The van der Waals surface area contributed by atoms with Crippen LogP contribution in [0.5, 0.6) is 5.75 Å². The van der Waals surface area contributed by atoms with E-state index in [9.17, 15) is 4.79 Å². The van der Waals surface area contributed by atoms with Gasteiger partial charge in [-0.05, 0) is 37.6 Å². The summed E-state index contributed by atoms with van der Waals surface area (Å²) in [5.74, 6) is -0.500. The Bertz CT molecular complexity index is 643. The predicted molar refractivity (Wildman–Crippen MR) is 63.5 cm³/mol. The molecule has 0 atom stereocenters. The molecule has 0 saturated carbocycles. The molecule has 0 N–H and O–H groups in total. The zero-order valence-corrected chi connectivity index (χ0v) is 9.57. The molecule has 0 aliphatic carbocycles. The van der Waals surface area contributed by atoms with Crippen LogP contribution in [0.4, 0.5) is 0 Å². The van der Waals surface area contributed by atoms with Crippen LogP contribution in [0.2, 0.25) is 0 Å². The molecule has 0 aliphatic heterocycles. The number of carbonyl (C=O) groups is 1. The smallest absolute Gasteiger partial charge is 0.374 e. The van der Waals surface area contributed by atoms with E-state index in [1.807, 2.05) is 0 Å². The van der Waals surface area contributed by atoms with Crippen LogP contribution in [0.3, 0.4) is 0 Å². The molecule has 0 unspecified atom stereocenters. The lowest BCUT2D eigenvalue weighted by Crippen LogP contribution is -2.02. The van der Waals surface area contributed by atoms with Crippen molar-refractivity contribution in [2.45, 2.75) is 13.8 Å². The molecule has 1 aromatic heterocycles. The maximum atomic E-state index is 11.6. The molecule has 0 fully saturated rings. The number of aryl methyl sites for hydroxylation is 1. The number of fused-ring (bicyclic) bond motifs is 1. The van der Waals surface area contributed by atoms with Crippen molar-refractivity contribution in [1.29, 1.82) is 0 Å². The van der Waals surface area contributed by atoms with Crippen molar-refractivity contribution in [2.75, 3.05) is 13.6 Å². The molecule has 17 heavy (non-hydrogen) atoms. The van der Waals surface area contributed by atoms with E-state index in [0.717, 1.165) is 5.56 Å². The highest BCUT2D eigenvalue weighted by Crippen LogP contribution is 2.30. The van der Waals surface area contributed by atoms with E-state index in [4.69, 9.17) is 18.0 Å². The fraction of sp³-hybridized carbons (Fsp3) is 0.308. The highest BCUT2D eigenvalue weighted by atomic mass is 16.5. The van der Waals surface area contributed by atoms with E-state index in [2.05, 4.69) is 0 Å². The second-order valence-corrected chi connectivity index (χ2v) is 3.61. The molecule has 0 bridgehead atoms. The maximum Gasteiger partial charge on any atom is 0.374 e. The Morgan fingerprint density at radius 2 is 2.29 bits per heavy atom. The Balaban J connectivity index is 2.50. The van der Waals surface area contributed by atoms with Crippen LogP contribution in [0.25, 0.3) is 11.0 Å². The average molecular weight is 237 g/mol. The number of hydrogen-bond acceptors (Lipinski definition) is 4. The summed E-state index contributed by atoms with van der Waals surface area (Å²) in [5, 5.41) is 0.590. The van der Waals surface area contributed by atoms with Gasteiger partial charge in [-0.3, -0.25) is 0 Å². The minimum Gasteiger partial charge on any atom is -0.493 e. The van der Waals surface area contributed by atoms with Crippen molar-refractivity contribution in [3.63, 3.8) is 0 Å². The minimum absolute atomic E-state index is 0.0165. The average Bonchev–Trinajstić information content (AvgIpc) is 2.71. The number of hydrogen-bond donors (Lipinski definition) is 0. The van der Waals surface area contributed by atoms with E-state index in [-0.39, 0.29) is 23.7 Å². The van der Waals surface area contributed by atoms with Gasteiger partial charge in [-0.15, -0.1) is 0 Å². The number of methoxy groups -OCH3 is 1. The third kappa shape index (κ3) is 2.11. The van der Waals surface area contributed by atoms with Gasteiger partial charge in [-0.25, -0.2) is 4.79 Å². The van der Waals surface area contributed by atoms with Crippen molar-refractivity contribution >= 4 is 16.9 Å². The second-order valence-electron chi connectivity index (χ2n) is 3.61. The van der Waals surface area contributed by atoms with Crippen molar-refractivity contribution in [1.82, 2.24) is 0 Å². The van der Waals surface area contributed by atoms with E-state index >= 15 is 0 Å². The zero-order valence-electron chi connectivity index (χ0n) is 12.6. The molecular weight excluding hydrogens is 220 g/mol. The fourth-order valence-electron chi connectivity index (χ4n) is 1.64. The molecule has 4 nitrogen and oxygen atoms in total. The number of furan rings is 1. The van der Waals surface area contributed by atoms with Crippen LogP contribution in [-0.2, 0) is 4.74 Å². The summed E-state index contributed by atoms with van der Waals surface area (Å²) < 4.78 is 36.6. The molecule has 1 heterocycles. The molecule has 0 aliphatic rings. The standard InChI is InChI=1S/C13H14O4/c1-4-16-13(14)11-7-9-5-8(2)6-10(15-3)12(9)17-11/h5-7H,4H2,1-3H3/i3D3. The van der Waals surface area contributed by atoms with Crippen molar-refractivity contribution in [2.24, 2.45) is 0 Å². The number of ether oxygens (including phenoxy) is 2. The molecule has 0 saturated heterocycles. The first kappa shape index (κ1) is 8.17. The van der Waals surface area contributed by atoms with Gasteiger partial charge in [0.25, 0.3) is 0 Å². The number of benzene rings is 1. The molecule has 2 aromatic rings. The summed E-state index contributed by atoms with van der Waals surface area (Å²) in [7, 11) is -2.59. The van der Waals surface area contributed by atoms with Crippen LogP contribution >= 0.6 is 0 Å². The SMILES string of the molecule is [2H]C([2H])([2H])Oc1cc(C)cc2cc(C(=O)OCC)oc12. The number of rotatable bonds is 3. The first-order valence-electron chi connectivity index (χ1n) is 6.70. The molecule has 1 aromatic carbocycles. The monoisotopic (exact) mass is 237 g/mol. The van der Waals surface area contributed by atoms with Crippen LogP contribution in [0.1, 0.15) is 27.2 Å². The predicted octanol–water partition coefficient (Wildman–Crippen LogP) is 2.93. The number of carbonyl (C=O) groups excluding carboxylic acids is 1. The Morgan fingerprint density at radius 1 is 1.47 bits per heavy atom. The van der Waals surface area contributed by atoms with Crippen LogP contribution in [0, 0.1) is 6.92 Å². The quantitative estimate of drug-likeness (QED) is 0.770. The highest BCUT2D eigenvalue weighted by molar-refractivity contribution is 5.94. The molecule has 2 rings (SSSR count). The van der Waals surface area contributed by atoms with E-state index in [1.54, 1.807) is 26.0 Å². The third-order valence-corrected chi connectivity index (χ3v) is 2.31. The summed E-state index contributed by atoms with van der Waals surface area (Å²) in [5.41, 5.74) is 1.02. The van der Waals surface area contributed by atoms with Gasteiger partial charge < -0.3 is 13.9 Å². The van der Waals surface area contributed by atoms with Crippen molar-refractivity contribution in [3.05, 3.63) is 29.5 Å². The lowest BCUT2D eigenvalue weighted by Gasteiger charge is -2.01. The van der Waals surface area contributed by atoms with Crippen molar-refractivity contribution in [3.8, 4) is 5.75 Å².